The van der Waals surface area contributed by atoms with Crippen molar-refractivity contribution in [3.05, 3.63) is 82.4 Å². The van der Waals surface area contributed by atoms with Crippen LogP contribution in [0.4, 0.5) is 17.6 Å². The lowest BCUT2D eigenvalue weighted by atomic mass is 9.93. The molecule has 248 valence electrons. The molecule has 1 atom stereocenters. The Morgan fingerprint density at radius 1 is 1.09 bits per heavy atom. The highest BCUT2D eigenvalue weighted by Gasteiger charge is 2.56. The number of nitrogens with one attached hydrogen (secondary N) is 1. The maximum atomic E-state index is 14.7. The summed E-state index contributed by atoms with van der Waals surface area (Å²) in [6.45, 7) is -0.0275. The van der Waals surface area contributed by atoms with Crippen LogP contribution in [0.2, 0.25) is 0 Å². The van der Waals surface area contributed by atoms with E-state index in [1.165, 1.54) is 31.4 Å². The maximum Gasteiger partial charge on any atom is 0.424 e. The van der Waals surface area contributed by atoms with E-state index in [4.69, 9.17) is 15.2 Å². The van der Waals surface area contributed by atoms with Crippen molar-refractivity contribution in [2.24, 2.45) is 5.73 Å². The molecule has 5 N–H and O–H groups in total. The number of aromatic nitrogens is 2. The molecule has 2 aromatic heterocycles. The van der Waals surface area contributed by atoms with Crippen molar-refractivity contribution < 1.29 is 46.8 Å². The summed E-state index contributed by atoms with van der Waals surface area (Å²) in [6, 6.07) is 10.0. The normalized spacial score (nSPS) is 14.5. The summed E-state index contributed by atoms with van der Waals surface area (Å²) in [5.41, 5.74) is 2.10. The van der Waals surface area contributed by atoms with Crippen molar-refractivity contribution in [2.45, 2.75) is 50.5 Å². The van der Waals surface area contributed by atoms with E-state index in [-0.39, 0.29) is 53.0 Å². The quantitative estimate of drug-likeness (QED) is 0.163. The molecule has 14 heteroatoms. The first kappa shape index (κ1) is 33.5. The molecule has 0 saturated heterocycles. The number of hydrogen-bond donors (Lipinski definition) is 4. The van der Waals surface area contributed by atoms with Gasteiger partial charge in [-0.15, -0.1) is 0 Å². The lowest BCUT2D eigenvalue weighted by Crippen LogP contribution is -2.51. The number of carbonyl (C=O) groups excluding carboxylic acids is 2. The number of benzene rings is 2. The second kappa shape index (κ2) is 13.1. The summed E-state index contributed by atoms with van der Waals surface area (Å²) in [4.78, 5) is 33.9. The molecule has 0 spiro atoms. The van der Waals surface area contributed by atoms with Crippen LogP contribution in [0.1, 0.15) is 58.6 Å². The van der Waals surface area contributed by atoms with Crippen LogP contribution in [0, 0.1) is 5.82 Å². The van der Waals surface area contributed by atoms with Crippen LogP contribution in [0.25, 0.3) is 22.2 Å². The lowest BCUT2D eigenvalue weighted by molar-refractivity contribution is -0.265. The number of amides is 2. The van der Waals surface area contributed by atoms with E-state index >= 15 is 0 Å². The molecule has 0 unspecified atom stereocenters. The number of aliphatic hydroxyl groups is 2. The van der Waals surface area contributed by atoms with Gasteiger partial charge < -0.3 is 30.7 Å². The van der Waals surface area contributed by atoms with Gasteiger partial charge in [0.1, 0.15) is 28.5 Å². The molecule has 5 rings (SSSR count). The van der Waals surface area contributed by atoms with Crippen molar-refractivity contribution in [3.63, 3.8) is 0 Å². The van der Waals surface area contributed by atoms with Crippen molar-refractivity contribution in [2.75, 3.05) is 20.3 Å². The number of rotatable bonds is 12. The molecule has 2 heterocycles. The molecular formula is C33H32F4N4O6. The SMILES string of the molecule is CCOc1c(CC(N)=O)cc([C@@](O)(CNC(=O)c2cc(OC)c3nc(CO)c(C4CC4)cc3c2)C(F)(F)F)nc1-c1ccc(F)cc1. The van der Waals surface area contributed by atoms with Crippen molar-refractivity contribution in [1.82, 2.24) is 15.3 Å². The first-order chi connectivity index (χ1) is 22.3. The molecule has 0 bridgehead atoms. The Balaban J connectivity index is 1.56. The topological polar surface area (TPSA) is 157 Å². The Bertz CT molecular complexity index is 1830. The predicted octanol–water partition coefficient (Wildman–Crippen LogP) is 4.42. The molecule has 1 fully saturated rings. The number of hydrogen-bond acceptors (Lipinski definition) is 8. The summed E-state index contributed by atoms with van der Waals surface area (Å²) >= 11 is 0. The summed E-state index contributed by atoms with van der Waals surface area (Å²) in [5, 5.41) is 23.7. The molecular weight excluding hydrogens is 624 g/mol. The second-order valence-corrected chi connectivity index (χ2v) is 11.2. The molecule has 1 saturated carbocycles. The molecule has 0 aliphatic heterocycles. The number of halogens is 4. The average Bonchev–Trinajstić information content (AvgIpc) is 3.88. The minimum atomic E-state index is -5.38. The summed E-state index contributed by atoms with van der Waals surface area (Å²) in [7, 11) is 1.34. The highest BCUT2D eigenvalue weighted by molar-refractivity contribution is 6.00. The largest absolute Gasteiger partial charge is 0.494 e. The number of nitrogens with two attached hydrogens (primary N) is 1. The van der Waals surface area contributed by atoms with Gasteiger partial charge in [0.25, 0.3) is 5.91 Å². The zero-order valence-electron chi connectivity index (χ0n) is 25.4. The number of carbonyl (C=O) groups is 2. The third-order valence-electron chi connectivity index (χ3n) is 7.86. The van der Waals surface area contributed by atoms with Crippen molar-refractivity contribution in [3.8, 4) is 22.8 Å². The molecule has 1 aliphatic rings. The number of fused-ring (bicyclic) bond motifs is 1. The molecule has 2 aromatic carbocycles. The molecule has 47 heavy (non-hydrogen) atoms. The van der Waals surface area contributed by atoms with E-state index < -0.39 is 48.1 Å². The van der Waals surface area contributed by atoms with Gasteiger partial charge in [-0.2, -0.15) is 13.2 Å². The van der Waals surface area contributed by atoms with Crippen LogP contribution < -0.4 is 20.5 Å². The highest BCUT2D eigenvalue weighted by Crippen LogP contribution is 2.44. The van der Waals surface area contributed by atoms with Crippen LogP contribution in [0.15, 0.2) is 48.5 Å². The van der Waals surface area contributed by atoms with Crippen molar-refractivity contribution >= 4 is 22.7 Å². The number of pyridine rings is 2. The number of primary amides is 1. The third-order valence-corrected chi connectivity index (χ3v) is 7.86. The Morgan fingerprint density at radius 2 is 1.79 bits per heavy atom. The second-order valence-electron chi connectivity index (χ2n) is 11.2. The highest BCUT2D eigenvalue weighted by atomic mass is 19.4. The molecule has 0 radical (unpaired) electrons. The van der Waals surface area contributed by atoms with Gasteiger partial charge in [0.05, 0.1) is 44.7 Å². The maximum absolute atomic E-state index is 14.7. The van der Waals surface area contributed by atoms with Crippen molar-refractivity contribution in [1.29, 1.82) is 0 Å². The monoisotopic (exact) mass is 656 g/mol. The Labute approximate surface area is 266 Å². The first-order valence-corrected chi connectivity index (χ1v) is 14.7. The minimum absolute atomic E-state index is 0.0365. The van der Waals surface area contributed by atoms with Gasteiger partial charge in [0, 0.05) is 22.1 Å². The third kappa shape index (κ3) is 6.83. The van der Waals surface area contributed by atoms with Gasteiger partial charge in [-0.3, -0.25) is 9.59 Å². The van der Waals surface area contributed by atoms with Crippen LogP contribution in [-0.4, -0.2) is 58.4 Å². The van der Waals surface area contributed by atoms with Crippen LogP contribution in [-0.2, 0) is 23.4 Å². The smallest absolute Gasteiger partial charge is 0.424 e. The number of ether oxygens (including phenoxy) is 2. The Hall–Kier alpha value is -4.82. The van der Waals surface area contributed by atoms with E-state index in [1.54, 1.807) is 13.0 Å². The van der Waals surface area contributed by atoms with Crippen LogP contribution in [0.5, 0.6) is 11.5 Å². The fraction of sp³-hybridized carbons (Fsp3) is 0.333. The minimum Gasteiger partial charge on any atom is -0.494 e. The zero-order valence-corrected chi connectivity index (χ0v) is 25.4. The Morgan fingerprint density at radius 3 is 2.36 bits per heavy atom. The van der Waals surface area contributed by atoms with Gasteiger partial charge in [0.2, 0.25) is 11.5 Å². The average molecular weight is 657 g/mol. The van der Waals surface area contributed by atoms with E-state index in [2.05, 4.69) is 15.3 Å². The van der Waals surface area contributed by atoms with E-state index in [0.29, 0.717) is 16.6 Å². The van der Waals surface area contributed by atoms with Gasteiger partial charge in [-0.05, 0) is 79.8 Å². The fourth-order valence-corrected chi connectivity index (χ4v) is 5.34. The summed E-state index contributed by atoms with van der Waals surface area (Å²) in [5.74, 6) is -2.18. The van der Waals surface area contributed by atoms with Gasteiger partial charge in [0.15, 0.2) is 0 Å². The van der Waals surface area contributed by atoms with Gasteiger partial charge in [-0.1, -0.05) is 0 Å². The zero-order chi connectivity index (χ0) is 34.1. The summed E-state index contributed by atoms with van der Waals surface area (Å²) < 4.78 is 68.9. The lowest BCUT2D eigenvalue weighted by Gasteiger charge is -2.31. The van der Waals surface area contributed by atoms with Gasteiger partial charge in [-0.25, -0.2) is 14.4 Å². The summed E-state index contributed by atoms with van der Waals surface area (Å²) in [6.07, 6.45) is -4.12. The van der Waals surface area contributed by atoms with Crippen LogP contribution >= 0.6 is 0 Å². The molecule has 10 nitrogen and oxygen atoms in total. The molecule has 4 aromatic rings. The number of methoxy groups -OCH3 is 1. The molecule has 1 aliphatic carbocycles. The molecule has 2 amide bonds. The fourth-order valence-electron chi connectivity index (χ4n) is 5.34. The Kier molecular flexibility index (Phi) is 9.36. The number of aliphatic hydroxyl groups excluding tert-OH is 1. The first-order valence-electron chi connectivity index (χ1n) is 14.7. The standard InChI is InChI=1S/C33H32F4N4O6/c1-3-47-30-20(14-27(38)43)13-26(41-29(30)18-6-8-22(34)9-7-18)32(45,33(35,36)37)16-39-31(44)21-10-19-11-23(17-4-5-17)24(15-42)40-28(19)25(12-21)46-2/h6-13,17,42,45H,3-5,14-16H2,1-2H3,(H2,38,43)(H,39,44)/t32-/m0/s1. The van der Waals surface area contributed by atoms with Gasteiger partial charge >= 0.3 is 6.18 Å². The van der Waals surface area contributed by atoms with E-state index in [0.717, 1.165) is 36.6 Å². The number of alkyl halides is 3. The van der Waals surface area contributed by atoms with Crippen LogP contribution in [0.3, 0.4) is 0 Å². The predicted molar refractivity (Wildman–Crippen MR) is 162 cm³/mol. The van der Waals surface area contributed by atoms with E-state index in [9.17, 15) is 37.4 Å². The van der Waals surface area contributed by atoms with E-state index in [1.807, 2.05) is 0 Å². The number of nitrogens with zero attached hydrogens (tertiary/aromatic N) is 2.